The quantitative estimate of drug-likeness (QED) is 0.653. The van der Waals surface area contributed by atoms with Crippen LogP contribution in [0.3, 0.4) is 0 Å². The van der Waals surface area contributed by atoms with E-state index in [2.05, 4.69) is 43.6 Å². The highest BCUT2D eigenvalue weighted by molar-refractivity contribution is 5.54. The number of nitriles is 1. The Kier molecular flexibility index (Phi) is 5.60. The standard InChI is InChI=1S/C21H25F2N7O/c1-13-3-21(4-13)5-16(6-21)29-17-14(7-24)9-26-19(30-17)27-10-15-8-25-12-28-18(15)31-11-20(2,22)23/h8-9,12-13,16H,3-6,10-11H2,1-2H3,(H2,26,27,29,30). The molecule has 31 heavy (non-hydrogen) atoms. The van der Waals surface area contributed by atoms with Crippen molar-refractivity contribution in [1.82, 2.24) is 19.9 Å². The van der Waals surface area contributed by atoms with Gasteiger partial charge < -0.3 is 15.4 Å². The molecule has 0 aliphatic heterocycles. The van der Waals surface area contributed by atoms with E-state index < -0.39 is 12.5 Å². The predicted octanol–water partition coefficient (Wildman–Crippen LogP) is 3.77. The average molecular weight is 429 g/mol. The summed E-state index contributed by atoms with van der Waals surface area (Å²) in [6.45, 7) is 2.46. The minimum absolute atomic E-state index is 0.0745. The van der Waals surface area contributed by atoms with Crippen LogP contribution in [0.2, 0.25) is 0 Å². The number of hydrogen-bond donors (Lipinski definition) is 2. The minimum atomic E-state index is -2.97. The molecule has 2 heterocycles. The number of anilines is 2. The fraction of sp³-hybridized carbons (Fsp3) is 0.571. The number of halogens is 2. The first-order valence-corrected chi connectivity index (χ1v) is 10.3. The molecule has 2 aromatic rings. The summed E-state index contributed by atoms with van der Waals surface area (Å²) >= 11 is 0. The summed E-state index contributed by atoms with van der Waals surface area (Å²) in [6, 6.07) is 2.43. The summed E-state index contributed by atoms with van der Waals surface area (Å²) in [7, 11) is 0. The van der Waals surface area contributed by atoms with Gasteiger partial charge in [-0.2, -0.15) is 10.2 Å². The van der Waals surface area contributed by atoms with Crippen molar-refractivity contribution in [3.8, 4) is 11.9 Å². The molecule has 0 unspecified atom stereocenters. The molecule has 1 spiro atoms. The van der Waals surface area contributed by atoms with Gasteiger partial charge in [0.1, 0.15) is 23.8 Å². The smallest absolute Gasteiger partial charge is 0.278 e. The highest BCUT2D eigenvalue weighted by Gasteiger charge is 2.51. The molecule has 164 valence electrons. The van der Waals surface area contributed by atoms with Gasteiger partial charge in [-0.15, -0.1) is 0 Å². The Morgan fingerprint density at radius 3 is 2.71 bits per heavy atom. The van der Waals surface area contributed by atoms with Gasteiger partial charge in [-0.05, 0) is 37.0 Å². The van der Waals surface area contributed by atoms with E-state index in [9.17, 15) is 14.0 Å². The number of nitrogens with one attached hydrogen (secondary N) is 2. The molecule has 2 aliphatic carbocycles. The molecule has 4 rings (SSSR count). The van der Waals surface area contributed by atoms with Crippen LogP contribution in [0.25, 0.3) is 0 Å². The lowest BCUT2D eigenvalue weighted by Crippen LogP contribution is -2.52. The highest BCUT2D eigenvalue weighted by Crippen LogP contribution is 2.59. The Balaban J connectivity index is 1.39. The van der Waals surface area contributed by atoms with Gasteiger partial charge in [-0.3, -0.25) is 0 Å². The molecule has 0 bridgehead atoms. The predicted molar refractivity (Wildman–Crippen MR) is 110 cm³/mol. The first-order chi connectivity index (χ1) is 14.8. The van der Waals surface area contributed by atoms with Crippen molar-refractivity contribution in [2.24, 2.45) is 11.3 Å². The van der Waals surface area contributed by atoms with Crippen LogP contribution in [-0.4, -0.2) is 38.5 Å². The summed E-state index contributed by atoms with van der Waals surface area (Å²) in [5.41, 5.74) is 1.36. The van der Waals surface area contributed by atoms with E-state index in [1.54, 1.807) is 0 Å². The Labute approximate surface area is 179 Å². The SMILES string of the molecule is CC1CC2(C1)CC(Nc1nc(NCc3cncnc3OCC(C)(F)F)ncc1C#N)C2. The van der Waals surface area contributed by atoms with Crippen molar-refractivity contribution in [3.05, 3.63) is 29.8 Å². The van der Waals surface area contributed by atoms with Crippen LogP contribution >= 0.6 is 0 Å². The van der Waals surface area contributed by atoms with E-state index in [1.165, 1.54) is 31.6 Å². The van der Waals surface area contributed by atoms with Crippen LogP contribution in [0, 0.1) is 22.7 Å². The Morgan fingerprint density at radius 2 is 2.03 bits per heavy atom. The number of rotatable bonds is 8. The second-order valence-electron chi connectivity index (χ2n) is 8.90. The lowest BCUT2D eigenvalue weighted by Gasteiger charge is -2.57. The van der Waals surface area contributed by atoms with Gasteiger partial charge in [0.05, 0.1) is 11.8 Å². The van der Waals surface area contributed by atoms with Gasteiger partial charge in [-0.1, -0.05) is 6.92 Å². The largest absolute Gasteiger partial charge is 0.471 e. The minimum Gasteiger partial charge on any atom is -0.471 e. The van der Waals surface area contributed by atoms with E-state index in [-0.39, 0.29) is 12.4 Å². The maximum atomic E-state index is 13.1. The van der Waals surface area contributed by atoms with Crippen molar-refractivity contribution in [1.29, 1.82) is 5.26 Å². The molecule has 2 fully saturated rings. The number of nitrogens with zero attached hydrogens (tertiary/aromatic N) is 5. The highest BCUT2D eigenvalue weighted by atomic mass is 19.3. The van der Waals surface area contributed by atoms with Crippen LogP contribution in [0.1, 0.15) is 50.7 Å². The molecular weight excluding hydrogens is 404 g/mol. The lowest BCUT2D eigenvalue weighted by atomic mass is 9.50. The molecule has 0 aromatic carbocycles. The Hall–Kier alpha value is -3.09. The molecule has 0 amide bonds. The zero-order valence-corrected chi connectivity index (χ0v) is 17.5. The molecule has 0 atom stereocenters. The third-order valence-electron chi connectivity index (χ3n) is 5.82. The molecule has 10 heteroatoms. The number of ether oxygens (including phenoxy) is 1. The average Bonchev–Trinajstić information content (AvgIpc) is 2.68. The molecule has 8 nitrogen and oxygen atoms in total. The summed E-state index contributed by atoms with van der Waals surface area (Å²) in [4.78, 5) is 16.5. The van der Waals surface area contributed by atoms with Crippen LogP contribution in [-0.2, 0) is 6.54 Å². The van der Waals surface area contributed by atoms with Crippen molar-refractivity contribution in [2.45, 2.75) is 58.0 Å². The molecule has 0 saturated heterocycles. The molecule has 2 saturated carbocycles. The zero-order valence-electron chi connectivity index (χ0n) is 17.5. The van der Waals surface area contributed by atoms with Gasteiger partial charge in [0, 0.05) is 25.7 Å². The molecule has 0 radical (unpaired) electrons. The monoisotopic (exact) mass is 429 g/mol. The zero-order chi connectivity index (χ0) is 22.1. The summed E-state index contributed by atoms with van der Waals surface area (Å²) in [5.74, 6) is -1.28. The van der Waals surface area contributed by atoms with Crippen LogP contribution in [0.5, 0.6) is 5.88 Å². The molecule has 2 aromatic heterocycles. The first kappa shape index (κ1) is 21.2. The van der Waals surface area contributed by atoms with Crippen LogP contribution < -0.4 is 15.4 Å². The van der Waals surface area contributed by atoms with Crippen molar-refractivity contribution in [2.75, 3.05) is 17.2 Å². The van der Waals surface area contributed by atoms with Crippen LogP contribution in [0.4, 0.5) is 20.5 Å². The van der Waals surface area contributed by atoms with E-state index in [0.29, 0.717) is 34.3 Å². The van der Waals surface area contributed by atoms with Gasteiger partial charge >= 0.3 is 0 Å². The Morgan fingerprint density at radius 1 is 1.26 bits per heavy atom. The van der Waals surface area contributed by atoms with Gasteiger partial charge in [0.2, 0.25) is 11.8 Å². The first-order valence-electron chi connectivity index (χ1n) is 10.3. The molecule has 2 aliphatic rings. The van der Waals surface area contributed by atoms with Crippen molar-refractivity contribution in [3.63, 3.8) is 0 Å². The van der Waals surface area contributed by atoms with E-state index in [4.69, 9.17) is 4.74 Å². The number of aromatic nitrogens is 4. The fourth-order valence-corrected chi connectivity index (χ4v) is 4.66. The van der Waals surface area contributed by atoms with Crippen LogP contribution in [0.15, 0.2) is 18.7 Å². The maximum absolute atomic E-state index is 13.1. The summed E-state index contributed by atoms with van der Waals surface area (Å²) in [5, 5.41) is 15.8. The second kappa shape index (κ2) is 8.21. The normalized spacial score (nSPS) is 24.6. The van der Waals surface area contributed by atoms with Crippen molar-refractivity contribution >= 4 is 11.8 Å². The van der Waals surface area contributed by atoms with E-state index in [0.717, 1.165) is 25.7 Å². The van der Waals surface area contributed by atoms with Gasteiger partial charge in [0.25, 0.3) is 5.92 Å². The fourth-order valence-electron chi connectivity index (χ4n) is 4.66. The van der Waals surface area contributed by atoms with Crippen molar-refractivity contribution < 1.29 is 13.5 Å². The summed E-state index contributed by atoms with van der Waals surface area (Å²) in [6.07, 6.45) is 8.94. The summed E-state index contributed by atoms with van der Waals surface area (Å²) < 4.78 is 31.3. The topological polar surface area (TPSA) is 109 Å². The second-order valence-corrected chi connectivity index (χ2v) is 8.90. The van der Waals surface area contributed by atoms with E-state index >= 15 is 0 Å². The number of alkyl halides is 2. The maximum Gasteiger partial charge on any atom is 0.278 e. The lowest BCUT2D eigenvalue weighted by molar-refractivity contribution is -0.0258. The van der Waals surface area contributed by atoms with E-state index in [1.807, 2.05) is 0 Å². The molecular formula is C21H25F2N7O. The Bertz CT molecular complexity index is 974. The number of hydrogen-bond acceptors (Lipinski definition) is 8. The molecule has 2 N–H and O–H groups in total. The third-order valence-corrected chi connectivity index (χ3v) is 5.82. The third kappa shape index (κ3) is 4.98. The van der Waals surface area contributed by atoms with Gasteiger partial charge in [-0.25, -0.2) is 23.7 Å². The van der Waals surface area contributed by atoms with Gasteiger partial charge in [0.15, 0.2) is 6.61 Å².